The number of nitrogens with zero attached hydrogens (tertiary/aromatic N) is 7. The molecule has 0 spiro atoms. The number of primary amides is 2. The number of rotatable bonds is 17. The zero-order valence-electron chi connectivity index (χ0n) is 44.6. The maximum atomic E-state index is 13.1. The topological polar surface area (TPSA) is 205 Å². The van der Waals surface area contributed by atoms with Crippen molar-refractivity contribution in [3.63, 3.8) is 0 Å². The third-order valence-electron chi connectivity index (χ3n) is 13.6. The molecule has 77 heavy (non-hydrogen) atoms. The Kier molecular flexibility index (Phi) is 21.1. The number of carbonyl (C=O) groups is 4. The molecular formula is C60H72N10O7. The van der Waals surface area contributed by atoms with Crippen LogP contribution in [0.3, 0.4) is 0 Å². The Bertz CT molecular complexity index is 2970. The van der Waals surface area contributed by atoms with Crippen LogP contribution in [0, 0.1) is 0 Å². The molecule has 0 radical (unpaired) electrons. The molecule has 2 aliphatic heterocycles. The number of ether oxygens (including phenoxy) is 3. The van der Waals surface area contributed by atoms with Gasteiger partial charge in [0.25, 0.3) is 11.8 Å². The summed E-state index contributed by atoms with van der Waals surface area (Å²) in [6.07, 6.45) is 12.5. The van der Waals surface area contributed by atoms with Crippen LogP contribution in [0.1, 0.15) is 84.2 Å². The maximum absolute atomic E-state index is 13.1. The van der Waals surface area contributed by atoms with Crippen molar-refractivity contribution in [2.45, 2.75) is 77.7 Å². The Balaban J connectivity index is 0.000000188. The molecule has 9 rings (SSSR count). The molecule has 0 bridgehead atoms. The number of amides is 3. The molecule has 404 valence electrons. The van der Waals surface area contributed by atoms with E-state index in [4.69, 9.17) is 25.7 Å². The summed E-state index contributed by atoms with van der Waals surface area (Å²) < 4.78 is 19.7. The van der Waals surface area contributed by atoms with Gasteiger partial charge in [-0.05, 0) is 131 Å². The van der Waals surface area contributed by atoms with E-state index < -0.39 is 17.9 Å². The summed E-state index contributed by atoms with van der Waals surface area (Å²) >= 11 is 0. The highest BCUT2D eigenvalue weighted by molar-refractivity contribution is 5.97. The van der Waals surface area contributed by atoms with Crippen LogP contribution in [0.2, 0.25) is 0 Å². The fraction of sp³-hybridized carbons (Fsp3) is 0.333. The second-order valence-corrected chi connectivity index (χ2v) is 19.1. The molecule has 2 aromatic heterocycles. The lowest BCUT2D eigenvalue weighted by Crippen LogP contribution is -2.46. The number of piperidine rings is 2. The number of nitrogens with one attached hydrogen (secondary N) is 1. The predicted molar refractivity (Wildman–Crippen MR) is 299 cm³/mol. The van der Waals surface area contributed by atoms with Crippen molar-refractivity contribution in [2.24, 2.45) is 11.5 Å². The molecule has 0 saturated carbocycles. The van der Waals surface area contributed by atoms with Crippen LogP contribution in [0.25, 0.3) is 22.5 Å². The van der Waals surface area contributed by atoms with Gasteiger partial charge in [-0.15, -0.1) is 0 Å². The molecule has 0 aliphatic carbocycles. The Labute approximate surface area is 451 Å². The number of carbonyl (C=O) groups excluding carboxylic acids is 4. The normalized spacial score (nSPS) is 14.0. The molecule has 5 aromatic carbocycles. The lowest BCUT2D eigenvalue weighted by Gasteiger charge is -2.36. The van der Waals surface area contributed by atoms with E-state index in [1.54, 1.807) is 60.8 Å². The van der Waals surface area contributed by atoms with Gasteiger partial charge in [-0.2, -0.15) is 0 Å². The summed E-state index contributed by atoms with van der Waals surface area (Å²) in [5.41, 5.74) is 16.0. The van der Waals surface area contributed by atoms with E-state index in [0.29, 0.717) is 53.0 Å². The van der Waals surface area contributed by atoms with Gasteiger partial charge in [0.2, 0.25) is 0 Å². The Hall–Kier alpha value is -8.12. The number of para-hydroxylation sites is 1. The van der Waals surface area contributed by atoms with E-state index in [1.807, 2.05) is 84.7 Å². The van der Waals surface area contributed by atoms with E-state index in [1.165, 1.54) is 66.9 Å². The Morgan fingerprint density at radius 3 is 1.51 bits per heavy atom. The second kappa shape index (κ2) is 28.7. The summed E-state index contributed by atoms with van der Waals surface area (Å²) in [7, 11) is 3.92. The van der Waals surface area contributed by atoms with Crippen LogP contribution in [0.5, 0.6) is 17.2 Å². The first-order valence-corrected chi connectivity index (χ1v) is 26.4. The van der Waals surface area contributed by atoms with Gasteiger partial charge < -0.3 is 45.7 Å². The highest BCUT2D eigenvalue weighted by Gasteiger charge is 2.26. The SMILES string of the molecule is CCCN1CCC(N(C)C(=O)n2cnc(-c3ccc(OCc4ccccc4)c(C(N)=O)c3)c2)CC1.CCCN1CCC(NC)CC1.NC(=O)c1cc(-c2cn(C(=O)Oc3ccccc3)cn2)ccc1OCc1ccccc1. The fourth-order valence-corrected chi connectivity index (χ4v) is 9.22. The third-order valence-corrected chi connectivity index (χ3v) is 13.6. The summed E-state index contributed by atoms with van der Waals surface area (Å²) in [6, 6.07) is 39.1. The number of nitrogens with two attached hydrogens (primary N) is 2. The lowest BCUT2D eigenvalue weighted by molar-refractivity contribution is 0.0987. The molecule has 0 atom stereocenters. The number of imidazole rings is 2. The Morgan fingerprint density at radius 1 is 0.610 bits per heavy atom. The molecule has 5 N–H and O–H groups in total. The van der Waals surface area contributed by atoms with Gasteiger partial charge in [-0.1, -0.05) is 92.7 Å². The maximum Gasteiger partial charge on any atom is 0.424 e. The average molecular weight is 1050 g/mol. The Morgan fingerprint density at radius 2 is 1.05 bits per heavy atom. The molecule has 4 heterocycles. The van der Waals surface area contributed by atoms with Gasteiger partial charge in [0.15, 0.2) is 0 Å². The summed E-state index contributed by atoms with van der Waals surface area (Å²) in [4.78, 5) is 65.0. The molecule has 17 heteroatoms. The van der Waals surface area contributed by atoms with Crippen LogP contribution < -0.4 is 31.0 Å². The molecule has 2 aliphatic rings. The number of hydrogen-bond donors (Lipinski definition) is 3. The van der Waals surface area contributed by atoms with E-state index in [9.17, 15) is 19.2 Å². The molecule has 2 saturated heterocycles. The smallest absolute Gasteiger partial charge is 0.424 e. The number of benzene rings is 5. The van der Waals surface area contributed by atoms with Crippen LogP contribution in [0.15, 0.2) is 152 Å². The van der Waals surface area contributed by atoms with E-state index in [2.05, 4.69) is 46.0 Å². The summed E-state index contributed by atoms with van der Waals surface area (Å²) in [5, 5.41) is 3.34. The van der Waals surface area contributed by atoms with Gasteiger partial charge in [-0.3, -0.25) is 14.2 Å². The van der Waals surface area contributed by atoms with Crippen LogP contribution in [-0.2, 0) is 13.2 Å². The molecule has 0 unspecified atom stereocenters. The first-order chi connectivity index (χ1) is 37.4. The van der Waals surface area contributed by atoms with Crippen LogP contribution >= 0.6 is 0 Å². The van der Waals surface area contributed by atoms with Gasteiger partial charge >= 0.3 is 12.1 Å². The standard InChI is InChI=1S/C27H33N5O3.C24H19N3O4.C9H20N2/c1-3-13-31-14-11-22(12-15-31)30(2)27(34)32-17-24(29-19-32)21-9-10-25(23(16-21)26(28)33)35-18-20-7-5-4-6-8-20;25-23(28)20-13-18(11-12-22(20)30-15-17-7-3-1-4-8-17)21-14-27(16-26-21)24(29)31-19-9-5-2-6-10-19;1-3-6-11-7-4-9(10-2)5-8-11/h4-10,16-17,19,22H,3,11-15,18H2,1-2H3,(H2,28,33);1-14,16H,15H2,(H2,25,28);9-10H,3-8H2,1-2H3. The fourth-order valence-electron chi connectivity index (χ4n) is 9.22. The lowest BCUT2D eigenvalue weighted by atomic mass is 10.0. The van der Waals surface area contributed by atoms with E-state index >= 15 is 0 Å². The first-order valence-electron chi connectivity index (χ1n) is 26.4. The van der Waals surface area contributed by atoms with Crippen molar-refractivity contribution >= 4 is 23.9 Å². The molecular weight excluding hydrogens is 973 g/mol. The highest BCUT2D eigenvalue weighted by Crippen LogP contribution is 2.29. The molecule has 2 fully saturated rings. The largest absolute Gasteiger partial charge is 0.488 e. The van der Waals surface area contributed by atoms with Gasteiger partial charge in [-0.25, -0.2) is 24.1 Å². The monoisotopic (exact) mass is 1040 g/mol. The van der Waals surface area contributed by atoms with Gasteiger partial charge in [0.05, 0.1) is 22.5 Å². The van der Waals surface area contributed by atoms with Crippen molar-refractivity contribution in [1.29, 1.82) is 0 Å². The minimum absolute atomic E-state index is 0.115. The highest BCUT2D eigenvalue weighted by atomic mass is 16.6. The number of hydrogen-bond acceptors (Lipinski definition) is 12. The zero-order chi connectivity index (χ0) is 54.5. The van der Waals surface area contributed by atoms with Gasteiger partial charge in [0, 0.05) is 55.7 Å². The van der Waals surface area contributed by atoms with Crippen molar-refractivity contribution in [3.05, 3.63) is 175 Å². The van der Waals surface area contributed by atoms with Crippen molar-refractivity contribution in [1.82, 2.24) is 39.1 Å². The average Bonchev–Trinajstić information content (AvgIpc) is 4.18. The molecule has 3 amide bonds. The van der Waals surface area contributed by atoms with E-state index in [0.717, 1.165) is 56.1 Å². The van der Waals surface area contributed by atoms with Crippen molar-refractivity contribution in [3.8, 4) is 39.8 Å². The van der Waals surface area contributed by atoms with Crippen molar-refractivity contribution < 1.29 is 33.4 Å². The third kappa shape index (κ3) is 16.4. The predicted octanol–water partition coefficient (Wildman–Crippen LogP) is 9.36. The molecule has 7 aromatic rings. The van der Waals surface area contributed by atoms with Crippen LogP contribution in [-0.4, -0.2) is 123 Å². The first kappa shape index (κ1) is 56.6. The number of likely N-dealkylation sites (tertiary alicyclic amines) is 2. The van der Waals surface area contributed by atoms with Crippen LogP contribution in [0.4, 0.5) is 9.59 Å². The minimum Gasteiger partial charge on any atom is -0.488 e. The quantitative estimate of drug-likeness (QED) is 0.0781. The summed E-state index contributed by atoms with van der Waals surface area (Å²) in [5.74, 6) is 0.0175. The van der Waals surface area contributed by atoms with Crippen molar-refractivity contribution in [2.75, 3.05) is 53.4 Å². The second-order valence-electron chi connectivity index (χ2n) is 19.1. The zero-order valence-corrected chi connectivity index (χ0v) is 44.6. The van der Waals surface area contributed by atoms with E-state index in [-0.39, 0.29) is 23.2 Å². The minimum atomic E-state index is -0.618. The molecule has 17 nitrogen and oxygen atoms in total. The summed E-state index contributed by atoms with van der Waals surface area (Å²) in [6.45, 7) is 12.1. The number of aromatic nitrogens is 4. The van der Waals surface area contributed by atoms with Gasteiger partial charge in [0.1, 0.15) is 43.1 Å².